The third-order valence-electron chi connectivity index (χ3n) is 1.52. The van der Waals surface area contributed by atoms with Gasteiger partial charge in [-0.3, -0.25) is 0 Å². The first-order valence-corrected chi connectivity index (χ1v) is 6.47. The van der Waals surface area contributed by atoms with E-state index in [0.29, 0.717) is 0 Å². The van der Waals surface area contributed by atoms with Crippen LogP contribution in [0.25, 0.3) is 0 Å². The molecule has 1 atom stereocenters. The lowest BCUT2D eigenvalue weighted by molar-refractivity contribution is 0.0607. The highest BCUT2D eigenvalue weighted by molar-refractivity contribution is 7.93. The average molecular weight is 221 g/mol. The van der Waals surface area contributed by atoms with Gasteiger partial charge in [-0.1, -0.05) is 13.8 Å². The SMILES string of the molecule is CC(C)S(C)(=O)=NC(=O)OC(C)(C)C. The highest BCUT2D eigenvalue weighted by Crippen LogP contribution is 2.10. The van der Waals surface area contributed by atoms with E-state index in [1.807, 2.05) is 0 Å². The summed E-state index contributed by atoms with van der Waals surface area (Å²) in [4.78, 5) is 11.2. The number of carbonyl (C=O) groups excluding carboxylic acids is 1. The minimum absolute atomic E-state index is 0.157. The minimum Gasteiger partial charge on any atom is -0.442 e. The molecule has 0 saturated heterocycles. The maximum atomic E-state index is 11.7. The highest BCUT2D eigenvalue weighted by Gasteiger charge is 2.18. The number of carbonyl (C=O) groups is 1. The van der Waals surface area contributed by atoms with Crippen molar-refractivity contribution in [2.75, 3.05) is 6.26 Å². The van der Waals surface area contributed by atoms with Crippen LogP contribution in [0.5, 0.6) is 0 Å². The van der Waals surface area contributed by atoms with Crippen LogP contribution in [0.4, 0.5) is 4.79 Å². The Hall–Kier alpha value is -0.580. The summed E-state index contributed by atoms with van der Waals surface area (Å²) < 4.78 is 20.2. The van der Waals surface area contributed by atoms with E-state index in [-0.39, 0.29) is 5.25 Å². The second-order valence-electron chi connectivity index (χ2n) is 4.48. The smallest absolute Gasteiger partial charge is 0.442 e. The molecular formula is C9H19NO3S. The fourth-order valence-electron chi connectivity index (χ4n) is 0.534. The number of amides is 1. The zero-order chi connectivity index (χ0) is 11.6. The first-order chi connectivity index (χ1) is 6.04. The van der Waals surface area contributed by atoms with E-state index in [1.165, 1.54) is 6.26 Å². The van der Waals surface area contributed by atoms with E-state index in [2.05, 4.69) is 4.36 Å². The average Bonchev–Trinajstić information content (AvgIpc) is 1.79. The predicted octanol–water partition coefficient (Wildman–Crippen LogP) is 2.43. The van der Waals surface area contributed by atoms with Gasteiger partial charge in [-0.05, 0) is 20.8 Å². The minimum atomic E-state index is -2.47. The van der Waals surface area contributed by atoms with Crippen molar-refractivity contribution in [2.24, 2.45) is 4.36 Å². The standard InChI is InChI=1S/C9H19NO3S/c1-7(2)14(6,12)10-8(11)13-9(3,4)5/h7H,1-6H3. The maximum absolute atomic E-state index is 11.7. The number of ether oxygens (including phenoxy) is 1. The molecule has 1 amide bonds. The molecule has 4 nitrogen and oxygen atoms in total. The van der Waals surface area contributed by atoms with Crippen LogP contribution in [0, 0.1) is 0 Å². The molecule has 0 aromatic carbocycles. The Balaban J connectivity index is 4.70. The van der Waals surface area contributed by atoms with Crippen molar-refractivity contribution in [2.45, 2.75) is 45.5 Å². The van der Waals surface area contributed by atoms with Crippen LogP contribution >= 0.6 is 0 Å². The molecule has 0 heterocycles. The molecule has 0 aliphatic carbocycles. The van der Waals surface area contributed by atoms with Crippen LogP contribution in [0.1, 0.15) is 34.6 Å². The number of hydrogen-bond donors (Lipinski definition) is 0. The molecule has 1 unspecified atom stereocenters. The summed E-state index contributed by atoms with van der Waals surface area (Å²) in [5.74, 6) is 0. The van der Waals surface area contributed by atoms with Gasteiger partial charge in [0.2, 0.25) is 0 Å². The molecule has 0 N–H and O–H groups in total. The van der Waals surface area contributed by atoms with Gasteiger partial charge in [-0.25, -0.2) is 9.00 Å². The number of rotatable bonds is 1. The van der Waals surface area contributed by atoms with Crippen molar-refractivity contribution >= 4 is 15.8 Å². The van der Waals surface area contributed by atoms with Gasteiger partial charge in [0.25, 0.3) is 0 Å². The Labute approximate surface area is 86.2 Å². The fraction of sp³-hybridized carbons (Fsp3) is 0.889. The zero-order valence-corrected chi connectivity index (χ0v) is 10.5. The van der Waals surface area contributed by atoms with E-state index in [9.17, 15) is 9.00 Å². The number of nitrogens with zero attached hydrogens (tertiary/aromatic N) is 1. The molecule has 0 radical (unpaired) electrons. The molecule has 0 spiro atoms. The largest absolute Gasteiger partial charge is 0.442 e. The molecule has 14 heavy (non-hydrogen) atoms. The summed E-state index contributed by atoms with van der Waals surface area (Å²) in [6, 6.07) is 0. The summed E-state index contributed by atoms with van der Waals surface area (Å²) in [7, 11) is -2.47. The lowest BCUT2D eigenvalue weighted by Crippen LogP contribution is -2.23. The van der Waals surface area contributed by atoms with Crippen LogP contribution < -0.4 is 0 Å². The van der Waals surface area contributed by atoms with Crippen molar-refractivity contribution in [1.29, 1.82) is 0 Å². The van der Waals surface area contributed by atoms with Gasteiger partial charge in [0, 0.05) is 11.5 Å². The van der Waals surface area contributed by atoms with Gasteiger partial charge >= 0.3 is 6.09 Å². The molecule has 0 aromatic heterocycles. The lowest BCUT2D eigenvalue weighted by Gasteiger charge is -2.18. The normalized spacial score (nSPS) is 16.2. The van der Waals surface area contributed by atoms with E-state index >= 15 is 0 Å². The monoisotopic (exact) mass is 221 g/mol. The van der Waals surface area contributed by atoms with Crippen molar-refractivity contribution < 1.29 is 13.7 Å². The van der Waals surface area contributed by atoms with Gasteiger partial charge < -0.3 is 4.74 Å². The van der Waals surface area contributed by atoms with Crippen molar-refractivity contribution in [1.82, 2.24) is 0 Å². The second-order valence-corrected chi connectivity index (χ2v) is 7.33. The van der Waals surface area contributed by atoms with Crippen molar-refractivity contribution in [3.05, 3.63) is 0 Å². The predicted molar refractivity (Wildman–Crippen MR) is 57.9 cm³/mol. The van der Waals surface area contributed by atoms with E-state index in [1.54, 1.807) is 34.6 Å². The van der Waals surface area contributed by atoms with Crippen LogP contribution in [-0.4, -0.2) is 27.4 Å². The van der Waals surface area contributed by atoms with Gasteiger partial charge in [0.15, 0.2) is 0 Å². The maximum Gasteiger partial charge on any atom is 0.442 e. The van der Waals surface area contributed by atoms with Crippen LogP contribution in [0.3, 0.4) is 0 Å². The molecule has 0 saturated carbocycles. The second kappa shape index (κ2) is 4.29. The van der Waals surface area contributed by atoms with Crippen LogP contribution in [0.15, 0.2) is 4.36 Å². The third-order valence-corrected chi connectivity index (χ3v) is 3.78. The van der Waals surface area contributed by atoms with Gasteiger partial charge in [0.05, 0.1) is 9.73 Å². The van der Waals surface area contributed by atoms with Crippen molar-refractivity contribution in [3.8, 4) is 0 Å². The molecule has 5 heteroatoms. The van der Waals surface area contributed by atoms with Gasteiger partial charge in [-0.2, -0.15) is 0 Å². The summed E-state index contributed by atoms with van der Waals surface area (Å²) >= 11 is 0. The zero-order valence-electron chi connectivity index (χ0n) is 9.66. The molecule has 0 bridgehead atoms. The topological polar surface area (TPSA) is 55.7 Å². The fourth-order valence-corrected chi connectivity index (χ4v) is 1.08. The molecule has 0 aromatic rings. The van der Waals surface area contributed by atoms with E-state index in [4.69, 9.17) is 4.74 Å². The lowest BCUT2D eigenvalue weighted by atomic mass is 10.2. The molecule has 0 aliphatic heterocycles. The van der Waals surface area contributed by atoms with Gasteiger partial charge in [-0.15, -0.1) is 4.36 Å². The first kappa shape index (κ1) is 13.4. The van der Waals surface area contributed by atoms with Crippen LogP contribution in [-0.2, 0) is 14.5 Å². The Morgan fingerprint density at radius 2 is 1.79 bits per heavy atom. The first-order valence-electron chi connectivity index (χ1n) is 4.48. The molecule has 0 rings (SSSR count). The summed E-state index contributed by atoms with van der Waals surface area (Å²) in [5.41, 5.74) is -0.590. The van der Waals surface area contributed by atoms with Gasteiger partial charge in [0.1, 0.15) is 5.60 Å². The molecule has 0 aliphatic rings. The summed E-state index contributed by atoms with van der Waals surface area (Å²) in [6.07, 6.45) is 0.709. The Bertz CT molecular complexity index is 319. The van der Waals surface area contributed by atoms with E-state index < -0.39 is 21.4 Å². The third kappa shape index (κ3) is 5.21. The molecular weight excluding hydrogens is 202 g/mol. The van der Waals surface area contributed by atoms with Crippen LogP contribution in [0.2, 0.25) is 0 Å². The summed E-state index contributed by atoms with van der Waals surface area (Å²) in [5, 5.41) is -0.157. The van der Waals surface area contributed by atoms with E-state index in [0.717, 1.165) is 0 Å². The Morgan fingerprint density at radius 3 is 2.07 bits per heavy atom. The molecule has 0 fully saturated rings. The Morgan fingerprint density at radius 1 is 1.36 bits per heavy atom. The van der Waals surface area contributed by atoms with Crippen molar-refractivity contribution in [3.63, 3.8) is 0 Å². The quantitative estimate of drug-likeness (QED) is 0.683. The molecule has 84 valence electrons. The Kier molecular flexibility index (Phi) is 4.12. The summed E-state index contributed by atoms with van der Waals surface area (Å²) in [6.45, 7) is 8.75. The highest BCUT2D eigenvalue weighted by atomic mass is 32.2. The number of hydrogen-bond acceptors (Lipinski definition) is 3.